The molecular weight excluding hydrogens is 724 g/mol. The average molecular weight is 762 g/mol. The van der Waals surface area contributed by atoms with Crippen LogP contribution < -0.4 is 10.2 Å². The molecule has 14 heteroatoms. The Morgan fingerprint density at radius 1 is 0.923 bits per heavy atom. The molecule has 5 heterocycles. The van der Waals surface area contributed by atoms with Crippen molar-refractivity contribution in [2.75, 3.05) is 49.5 Å². The number of carbonyl (C=O) groups excluding carboxylic acids is 2. The summed E-state index contributed by atoms with van der Waals surface area (Å²) in [5.74, 6) is 1.27. The monoisotopic (exact) mass is 760 g/mol. The number of piperazine rings is 1. The maximum atomic E-state index is 13.4. The molecule has 2 amide bonds. The Kier molecular flexibility index (Phi) is 9.48. The smallest absolute Gasteiger partial charge is 0.276 e. The van der Waals surface area contributed by atoms with Crippen molar-refractivity contribution >= 4 is 50.2 Å². The van der Waals surface area contributed by atoms with Crippen LogP contribution in [0.15, 0.2) is 94.3 Å². The third kappa shape index (κ3) is 7.16. The first-order chi connectivity index (χ1) is 25.4. The van der Waals surface area contributed by atoms with E-state index in [4.69, 9.17) is 4.52 Å². The fraction of sp³-hybridized carbons (Fsp3) is 0.289. The van der Waals surface area contributed by atoms with E-state index in [0.29, 0.717) is 49.7 Å². The summed E-state index contributed by atoms with van der Waals surface area (Å²) < 4.78 is 8.55. The van der Waals surface area contributed by atoms with Gasteiger partial charge in [-0.15, -0.1) is 5.10 Å². The molecule has 2 aliphatic rings. The average Bonchev–Trinajstić information content (AvgIpc) is 3.86. The van der Waals surface area contributed by atoms with Gasteiger partial charge in [0.25, 0.3) is 11.8 Å². The highest BCUT2D eigenvalue weighted by Gasteiger charge is 2.28. The van der Waals surface area contributed by atoms with Crippen LogP contribution in [0, 0.1) is 6.92 Å². The van der Waals surface area contributed by atoms with Gasteiger partial charge in [0.1, 0.15) is 17.8 Å². The third-order valence-electron chi connectivity index (χ3n) is 9.85. The van der Waals surface area contributed by atoms with Gasteiger partial charge in [0, 0.05) is 72.0 Å². The molecule has 0 atom stereocenters. The Balaban J connectivity index is 0.834. The Morgan fingerprint density at radius 2 is 1.73 bits per heavy atom. The second kappa shape index (κ2) is 14.6. The van der Waals surface area contributed by atoms with Crippen molar-refractivity contribution in [3.8, 4) is 11.3 Å². The lowest BCUT2D eigenvalue weighted by molar-refractivity contribution is 0.0735. The van der Waals surface area contributed by atoms with E-state index < -0.39 is 0 Å². The molecule has 0 spiro atoms. The molecule has 2 saturated heterocycles. The molecule has 0 unspecified atom stereocenters. The van der Waals surface area contributed by atoms with E-state index in [0.717, 1.165) is 69.6 Å². The first kappa shape index (κ1) is 33.7. The number of anilines is 2. The van der Waals surface area contributed by atoms with Crippen molar-refractivity contribution in [1.29, 1.82) is 0 Å². The second-order valence-electron chi connectivity index (χ2n) is 13.3. The Labute approximate surface area is 308 Å². The summed E-state index contributed by atoms with van der Waals surface area (Å²) in [4.78, 5) is 41.7. The van der Waals surface area contributed by atoms with Gasteiger partial charge < -0.3 is 19.6 Å². The predicted octanol–water partition coefficient (Wildman–Crippen LogP) is 6.00. The van der Waals surface area contributed by atoms with E-state index in [2.05, 4.69) is 56.5 Å². The molecule has 264 valence electrons. The lowest BCUT2D eigenvalue weighted by Crippen LogP contribution is -2.49. The lowest BCUT2D eigenvalue weighted by Gasteiger charge is -2.35. The standard InChI is InChI=1S/C38H37BrN10O3/c1-25-7-8-26(19-31(25)37(50)42-28-5-3-2-4-6-28)35-23-49(45-43-35)29-11-13-46(14-12-29)22-30-21-34(44-52-30)38(51)48-17-15-47(16-18-48)36-32-20-27(39)9-10-33(32)40-24-41-36/h2-10,19-21,23-24,29H,11-18,22H2,1H3,(H,42,50). The highest BCUT2D eigenvalue weighted by Crippen LogP contribution is 2.29. The summed E-state index contributed by atoms with van der Waals surface area (Å²) in [6.45, 7) is 6.64. The van der Waals surface area contributed by atoms with Crippen LogP contribution in [-0.2, 0) is 6.54 Å². The van der Waals surface area contributed by atoms with E-state index in [1.807, 2.05) is 89.4 Å². The summed E-state index contributed by atoms with van der Waals surface area (Å²) in [6.07, 6.45) is 5.34. The zero-order valence-electron chi connectivity index (χ0n) is 28.7. The third-order valence-corrected chi connectivity index (χ3v) is 10.3. The molecule has 0 saturated carbocycles. The molecule has 52 heavy (non-hydrogen) atoms. The van der Waals surface area contributed by atoms with Gasteiger partial charge in [-0.2, -0.15) is 0 Å². The molecule has 6 aromatic rings. The van der Waals surface area contributed by atoms with Gasteiger partial charge in [-0.25, -0.2) is 14.6 Å². The van der Waals surface area contributed by atoms with E-state index in [1.165, 1.54) is 0 Å². The van der Waals surface area contributed by atoms with Gasteiger partial charge >= 0.3 is 0 Å². The number of hydrogen-bond donors (Lipinski definition) is 1. The number of fused-ring (bicyclic) bond motifs is 1. The Morgan fingerprint density at radius 3 is 2.54 bits per heavy atom. The molecule has 0 bridgehead atoms. The fourth-order valence-electron chi connectivity index (χ4n) is 6.93. The van der Waals surface area contributed by atoms with Crippen LogP contribution in [-0.4, -0.2) is 91.0 Å². The number of aryl methyl sites for hydroxylation is 1. The Bertz CT molecular complexity index is 2220. The minimum absolute atomic E-state index is 0.122. The lowest BCUT2D eigenvalue weighted by atomic mass is 10.0. The molecule has 3 aromatic carbocycles. The molecule has 3 aromatic heterocycles. The summed E-state index contributed by atoms with van der Waals surface area (Å²) in [7, 11) is 0. The van der Waals surface area contributed by atoms with Crippen LogP contribution in [0.1, 0.15) is 51.1 Å². The summed E-state index contributed by atoms with van der Waals surface area (Å²) in [5.41, 5.74) is 5.04. The fourth-order valence-corrected chi connectivity index (χ4v) is 7.30. The SMILES string of the molecule is Cc1ccc(-c2cn(C3CCN(Cc4cc(C(=O)N5CCN(c6ncnc7ccc(Br)cc67)CC5)no4)CC3)nn2)cc1C(=O)Nc1ccccc1. The van der Waals surface area contributed by atoms with Crippen molar-refractivity contribution in [2.45, 2.75) is 32.4 Å². The summed E-state index contributed by atoms with van der Waals surface area (Å²) in [5, 5.41) is 17.0. The molecular formula is C38H37BrN10O3. The van der Waals surface area contributed by atoms with Gasteiger partial charge in [-0.05, 0) is 61.7 Å². The maximum absolute atomic E-state index is 13.4. The molecule has 0 radical (unpaired) electrons. The molecule has 2 fully saturated rings. The number of benzene rings is 3. The van der Waals surface area contributed by atoms with Crippen LogP contribution in [0.3, 0.4) is 0 Å². The van der Waals surface area contributed by atoms with E-state index >= 15 is 0 Å². The highest BCUT2D eigenvalue weighted by molar-refractivity contribution is 9.10. The van der Waals surface area contributed by atoms with Crippen molar-refractivity contribution in [3.63, 3.8) is 0 Å². The molecule has 13 nitrogen and oxygen atoms in total. The number of nitrogens with one attached hydrogen (secondary N) is 1. The number of likely N-dealkylation sites (tertiary alicyclic amines) is 1. The van der Waals surface area contributed by atoms with E-state index in [1.54, 1.807) is 12.4 Å². The quantitative estimate of drug-likeness (QED) is 0.197. The van der Waals surface area contributed by atoms with Crippen LogP contribution >= 0.6 is 15.9 Å². The van der Waals surface area contributed by atoms with Gasteiger partial charge in [-0.1, -0.05) is 56.6 Å². The van der Waals surface area contributed by atoms with Crippen molar-refractivity contribution in [3.05, 3.63) is 112 Å². The van der Waals surface area contributed by atoms with Gasteiger partial charge in [0.15, 0.2) is 11.5 Å². The van der Waals surface area contributed by atoms with E-state index in [-0.39, 0.29) is 17.9 Å². The van der Waals surface area contributed by atoms with E-state index in [9.17, 15) is 9.59 Å². The topological polar surface area (TPSA) is 138 Å². The number of para-hydroxylation sites is 1. The number of hydrogen-bond acceptors (Lipinski definition) is 10. The number of nitrogens with zero attached hydrogens (tertiary/aromatic N) is 9. The minimum Gasteiger partial charge on any atom is -0.359 e. The molecule has 0 aliphatic carbocycles. The molecule has 2 aliphatic heterocycles. The number of halogens is 1. The van der Waals surface area contributed by atoms with Gasteiger partial charge in [0.05, 0.1) is 24.3 Å². The largest absolute Gasteiger partial charge is 0.359 e. The van der Waals surface area contributed by atoms with Crippen molar-refractivity contribution in [1.82, 2.24) is 39.9 Å². The van der Waals surface area contributed by atoms with Crippen LogP contribution in [0.5, 0.6) is 0 Å². The first-order valence-electron chi connectivity index (χ1n) is 17.4. The van der Waals surface area contributed by atoms with Crippen molar-refractivity contribution in [2.24, 2.45) is 0 Å². The van der Waals surface area contributed by atoms with Crippen LogP contribution in [0.2, 0.25) is 0 Å². The normalized spacial score (nSPS) is 15.7. The first-order valence-corrected chi connectivity index (χ1v) is 18.2. The Hall–Kier alpha value is -5.47. The maximum Gasteiger partial charge on any atom is 0.276 e. The zero-order valence-corrected chi connectivity index (χ0v) is 30.2. The summed E-state index contributed by atoms with van der Waals surface area (Å²) >= 11 is 3.55. The van der Waals surface area contributed by atoms with Gasteiger partial charge in [-0.3, -0.25) is 14.5 Å². The minimum atomic E-state index is -0.159. The van der Waals surface area contributed by atoms with Crippen molar-refractivity contribution < 1.29 is 14.1 Å². The zero-order chi connectivity index (χ0) is 35.6. The summed E-state index contributed by atoms with van der Waals surface area (Å²) in [6, 6.07) is 23.2. The van der Waals surface area contributed by atoms with Gasteiger partial charge in [0.2, 0.25) is 0 Å². The number of amides is 2. The number of aromatic nitrogens is 6. The molecule has 1 N–H and O–H groups in total. The predicted molar refractivity (Wildman–Crippen MR) is 200 cm³/mol. The second-order valence-corrected chi connectivity index (χ2v) is 14.2. The number of piperidine rings is 1. The highest BCUT2D eigenvalue weighted by atomic mass is 79.9. The van der Waals surface area contributed by atoms with Crippen LogP contribution in [0.4, 0.5) is 11.5 Å². The van der Waals surface area contributed by atoms with Crippen LogP contribution in [0.25, 0.3) is 22.2 Å². The number of carbonyl (C=O) groups is 2. The number of rotatable bonds is 8. The molecule has 8 rings (SSSR count).